The molecule has 1 aliphatic carbocycles. The maximum absolute atomic E-state index is 13.8. The number of carbonyl (C=O) groups excluding carboxylic acids is 2. The van der Waals surface area contributed by atoms with Crippen LogP contribution in [0.25, 0.3) is 0 Å². The van der Waals surface area contributed by atoms with Crippen LogP contribution in [0.5, 0.6) is 0 Å². The lowest BCUT2D eigenvalue weighted by Crippen LogP contribution is -2.54. The SMILES string of the molecule is CCOC(=O)[C@]12Cc3ccc(C)cc3[C@H]1N(Cc1ccccc1)C(=O)c1ccccc12. The Morgan fingerprint density at radius 1 is 1.06 bits per heavy atom. The highest BCUT2D eigenvalue weighted by atomic mass is 16.5. The molecular weight excluding hydrogens is 386 g/mol. The van der Waals surface area contributed by atoms with Crippen molar-refractivity contribution in [2.75, 3.05) is 6.61 Å². The van der Waals surface area contributed by atoms with Gasteiger partial charge in [0.15, 0.2) is 0 Å². The van der Waals surface area contributed by atoms with Crippen molar-refractivity contribution in [3.63, 3.8) is 0 Å². The molecule has 0 unspecified atom stereocenters. The molecule has 0 radical (unpaired) electrons. The van der Waals surface area contributed by atoms with E-state index < -0.39 is 11.5 Å². The fourth-order valence-electron chi connectivity index (χ4n) is 5.30. The molecule has 0 N–H and O–H groups in total. The fraction of sp³-hybridized carbons (Fsp3) is 0.259. The van der Waals surface area contributed by atoms with Gasteiger partial charge < -0.3 is 9.64 Å². The number of aryl methyl sites for hydroxylation is 1. The first kappa shape index (κ1) is 19.6. The lowest BCUT2D eigenvalue weighted by Gasteiger charge is -2.45. The number of hydrogen-bond acceptors (Lipinski definition) is 3. The van der Waals surface area contributed by atoms with E-state index in [1.54, 1.807) is 0 Å². The number of esters is 1. The van der Waals surface area contributed by atoms with E-state index in [1.165, 1.54) is 0 Å². The van der Waals surface area contributed by atoms with Crippen LogP contribution in [0.1, 0.15) is 51.1 Å². The van der Waals surface area contributed by atoms with Gasteiger partial charge in [0.1, 0.15) is 5.41 Å². The first-order valence-corrected chi connectivity index (χ1v) is 10.8. The van der Waals surface area contributed by atoms with Crippen molar-refractivity contribution in [3.05, 3.63) is 106 Å². The van der Waals surface area contributed by atoms with E-state index in [0.29, 0.717) is 25.1 Å². The molecule has 3 aromatic carbocycles. The highest BCUT2D eigenvalue weighted by Gasteiger charge is 2.60. The summed E-state index contributed by atoms with van der Waals surface area (Å²) in [4.78, 5) is 29.3. The number of benzene rings is 3. The van der Waals surface area contributed by atoms with Crippen LogP contribution in [0.3, 0.4) is 0 Å². The first-order chi connectivity index (χ1) is 15.1. The van der Waals surface area contributed by atoms with Gasteiger partial charge in [-0.1, -0.05) is 72.3 Å². The van der Waals surface area contributed by atoms with E-state index in [9.17, 15) is 9.59 Å². The molecule has 1 heterocycles. The van der Waals surface area contributed by atoms with E-state index in [0.717, 1.165) is 27.8 Å². The predicted molar refractivity (Wildman–Crippen MR) is 119 cm³/mol. The van der Waals surface area contributed by atoms with Crippen LogP contribution in [0, 0.1) is 6.92 Å². The molecule has 0 spiro atoms. The van der Waals surface area contributed by atoms with Crippen LogP contribution in [0.2, 0.25) is 0 Å². The van der Waals surface area contributed by atoms with Crippen molar-refractivity contribution in [2.24, 2.45) is 0 Å². The molecule has 2 aliphatic rings. The molecular formula is C27H25NO3. The molecule has 4 heteroatoms. The number of nitrogens with zero attached hydrogens (tertiary/aromatic N) is 1. The summed E-state index contributed by atoms with van der Waals surface area (Å²) in [6.45, 7) is 4.62. The number of hydrogen-bond donors (Lipinski definition) is 0. The van der Waals surface area contributed by atoms with Gasteiger partial charge in [-0.05, 0) is 48.6 Å². The third-order valence-corrected chi connectivity index (χ3v) is 6.58. The van der Waals surface area contributed by atoms with Crippen LogP contribution in [-0.2, 0) is 27.9 Å². The van der Waals surface area contributed by atoms with Crippen molar-refractivity contribution in [1.29, 1.82) is 0 Å². The van der Waals surface area contributed by atoms with Gasteiger partial charge in [0, 0.05) is 12.1 Å². The Balaban J connectivity index is 1.77. The average Bonchev–Trinajstić information content (AvgIpc) is 3.13. The molecule has 1 amide bonds. The van der Waals surface area contributed by atoms with E-state index in [4.69, 9.17) is 4.74 Å². The van der Waals surface area contributed by atoms with Crippen LogP contribution in [0.4, 0.5) is 0 Å². The molecule has 2 atom stereocenters. The van der Waals surface area contributed by atoms with Crippen LogP contribution in [0.15, 0.2) is 72.8 Å². The molecule has 4 nitrogen and oxygen atoms in total. The van der Waals surface area contributed by atoms with Gasteiger partial charge in [0.05, 0.1) is 12.6 Å². The van der Waals surface area contributed by atoms with Gasteiger partial charge in [0.25, 0.3) is 5.91 Å². The Labute approximate surface area is 182 Å². The summed E-state index contributed by atoms with van der Waals surface area (Å²) in [5.74, 6) is -0.300. The maximum Gasteiger partial charge on any atom is 0.319 e. The van der Waals surface area contributed by atoms with Crippen LogP contribution in [-0.4, -0.2) is 23.4 Å². The Hall–Kier alpha value is -3.40. The first-order valence-electron chi connectivity index (χ1n) is 10.8. The molecule has 0 saturated heterocycles. The van der Waals surface area contributed by atoms with Crippen molar-refractivity contribution >= 4 is 11.9 Å². The lowest BCUT2D eigenvalue weighted by molar-refractivity contribution is -0.153. The van der Waals surface area contributed by atoms with E-state index >= 15 is 0 Å². The second-order valence-electron chi connectivity index (χ2n) is 8.44. The molecule has 5 rings (SSSR count). The third-order valence-electron chi connectivity index (χ3n) is 6.58. The maximum atomic E-state index is 13.8. The normalized spacial score (nSPS) is 21.3. The molecule has 0 bridgehead atoms. The van der Waals surface area contributed by atoms with Crippen molar-refractivity contribution in [2.45, 2.75) is 38.3 Å². The Bertz CT molecular complexity index is 1170. The zero-order valence-electron chi connectivity index (χ0n) is 17.8. The summed E-state index contributed by atoms with van der Waals surface area (Å²) in [7, 11) is 0. The van der Waals surface area contributed by atoms with Gasteiger partial charge >= 0.3 is 5.97 Å². The Kier molecular flexibility index (Phi) is 4.66. The highest BCUT2D eigenvalue weighted by molar-refractivity contribution is 6.03. The molecule has 0 fully saturated rings. The summed E-state index contributed by atoms with van der Waals surface area (Å²) in [5, 5.41) is 0. The van der Waals surface area contributed by atoms with Gasteiger partial charge in [-0.3, -0.25) is 9.59 Å². The van der Waals surface area contributed by atoms with Crippen molar-refractivity contribution in [3.8, 4) is 0 Å². The fourth-order valence-corrected chi connectivity index (χ4v) is 5.30. The lowest BCUT2D eigenvalue weighted by atomic mass is 9.69. The van der Waals surface area contributed by atoms with Crippen LogP contribution >= 0.6 is 0 Å². The minimum Gasteiger partial charge on any atom is -0.465 e. The Morgan fingerprint density at radius 3 is 2.58 bits per heavy atom. The smallest absolute Gasteiger partial charge is 0.319 e. The van der Waals surface area contributed by atoms with Crippen molar-refractivity contribution < 1.29 is 14.3 Å². The topological polar surface area (TPSA) is 46.6 Å². The van der Waals surface area contributed by atoms with Gasteiger partial charge in [-0.25, -0.2) is 0 Å². The number of carbonyl (C=O) groups is 2. The monoisotopic (exact) mass is 411 g/mol. The van der Waals surface area contributed by atoms with E-state index in [2.05, 4.69) is 18.2 Å². The van der Waals surface area contributed by atoms with Gasteiger partial charge in [0.2, 0.25) is 0 Å². The van der Waals surface area contributed by atoms with Crippen molar-refractivity contribution in [1.82, 2.24) is 4.90 Å². The molecule has 0 saturated carbocycles. The molecule has 1 aliphatic heterocycles. The summed E-state index contributed by atoms with van der Waals surface area (Å²) >= 11 is 0. The van der Waals surface area contributed by atoms with Gasteiger partial charge in [-0.15, -0.1) is 0 Å². The summed E-state index contributed by atoms with van der Waals surface area (Å²) in [5.41, 5.74) is 4.73. The third kappa shape index (κ3) is 2.89. The number of fused-ring (bicyclic) bond motifs is 5. The quantitative estimate of drug-likeness (QED) is 0.582. The highest BCUT2D eigenvalue weighted by Crippen LogP contribution is 2.55. The summed E-state index contributed by atoms with van der Waals surface area (Å²) in [6, 6.07) is 23.4. The van der Waals surface area contributed by atoms with Crippen LogP contribution < -0.4 is 0 Å². The summed E-state index contributed by atoms with van der Waals surface area (Å²) in [6.07, 6.45) is 0.529. The predicted octanol–water partition coefficient (Wildman–Crippen LogP) is 4.75. The average molecular weight is 412 g/mol. The number of rotatable bonds is 4. The van der Waals surface area contributed by atoms with Gasteiger partial charge in [-0.2, -0.15) is 0 Å². The number of ether oxygens (including phenoxy) is 1. The molecule has 156 valence electrons. The van der Waals surface area contributed by atoms with E-state index in [1.807, 2.05) is 73.3 Å². The zero-order chi connectivity index (χ0) is 21.6. The second kappa shape index (κ2) is 7.38. The number of amides is 1. The second-order valence-corrected chi connectivity index (χ2v) is 8.44. The molecule has 3 aromatic rings. The minimum absolute atomic E-state index is 0.0428. The molecule has 0 aromatic heterocycles. The molecule has 31 heavy (non-hydrogen) atoms. The standard InChI is InChI=1S/C27H25NO3/c1-3-31-26(30)27-16-20-14-13-18(2)15-22(20)24(27)28(17-19-9-5-4-6-10-19)25(29)21-11-7-8-12-23(21)27/h4-15,24H,3,16-17H2,1-2H3/t24-,27+/m1/s1. The summed E-state index contributed by atoms with van der Waals surface area (Å²) < 4.78 is 5.66. The minimum atomic E-state index is -0.939. The Morgan fingerprint density at radius 2 is 1.81 bits per heavy atom. The van der Waals surface area contributed by atoms with E-state index in [-0.39, 0.29) is 11.9 Å². The zero-order valence-corrected chi connectivity index (χ0v) is 17.8. The largest absolute Gasteiger partial charge is 0.465 e.